The smallest absolute Gasteiger partial charge is 0.258 e. The summed E-state index contributed by atoms with van der Waals surface area (Å²) < 4.78 is 25.7. The average molecular weight is 355 g/mol. The molecule has 1 fully saturated rings. The number of anilines is 1. The summed E-state index contributed by atoms with van der Waals surface area (Å²) >= 11 is 0. The van der Waals surface area contributed by atoms with Crippen molar-refractivity contribution in [3.8, 4) is 11.5 Å². The molecule has 0 saturated carbocycles. The number of aromatic nitrogens is 4. The van der Waals surface area contributed by atoms with Crippen LogP contribution >= 0.6 is 0 Å². The molecule has 8 heteroatoms. The lowest BCUT2D eigenvalue weighted by Gasteiger charge is -2.32. The van der Waals surface area contributed by atoms with Gasteiger partial charge in [0.15, 0.2) is 11.6 Å². The fourth-order valence-electron chi connectivity index (χ4n) is 2.92. The van der Waals surface area contributed by atoms with Gasteiger partial charge in [0.05, 0.1) is 18.8 Å². The van der Waals surface area contributed by atoms with E-state index in [1.54, 1.807) is 0 Å². The Bertz CT molecular complexity index is 886. The molecule has 3 aromatic rings. The van der Waals surface area contributed by atoms with Crippen molar-refractivity contribution in [2.45, 2.75) is 19.4 Å². The lowest BCUT2D eigenvalue weighted by molar-refractivity contribution is 0.0321. The average Bonchev–Trinajstić information content (AvgIpc) is 3.19. The van der Waals surface area contributed by atoms with Crippen LogP contribution in [0.25, 0.3) is 11.5 Å². The number of aryl methyl sites for hydroxylation is 1. The van der Waals surface area contributed by atoms with E-state index in [0.717, 1.165) is 5.56 Å². The maximum Gasteiger partial charge on any atom is 0.258 e. The van der Waals surface area contributed by atoms with Crippen LogP contribution in [0.1, 0.15) is 24.5 Å². The highest BCUT2D eigenvalue weighted by Crippen LogP contribution is 2.27. The van der Waals surface area contributed by atoms with Crippen molar-refractivity contribution in [3.63, 3.8) is 0 Å². The largest absolute Gasteiger partial charge is 0.366 e. The first kappa shape index (κ1) is 16.6. The molecule has 7 nitrogen and oxygen atoms in total. The van der Waals surface area contributed by atoms with Crippen LogP contribution in [0, 0.1) is 5.82 Å². The third-order valence-electron chi connectivity index (χ3n) is 4.29. The lowest BCUT2D eigenvalue weighted by Crippen LogP contribution is -2.40. The second kappa shape index (κ2) is 7.17. The number of morpholine rings is 1. The molecule has 0 amide bonds. The van der Waals surface area contributed by atoms with E-state index < -0.39 is 6.10 Å². The summed E-state index contributed by atoms with van der Waals surface area (Å²) in [5.41, 5.74) is 1.25. The van der Waals surface area contributed by atoms with Crippen molar-refractivity contribution in [2.24, 2.45) is 0 Å². The molecule has 1 unspecified atom stereocenters. The van der Waals surface area contributed by atoms with Gasteiger partial charge in [0.1, 0.15) is 12.4 Å². The molecule has 2 aromatic heterocycles. The number of rotatable bonds is 4. The highest BCUT2D eigenvalue weighted by atomic mass is 19.1. The Hall–Kier alpha value is -2.87. The zero-order valence-electron chi connectivity index (χ0n) is 14.3. The summed E-state index contributed by atoms with van der Waals surface area (Å²) in [5.74, 6) is 0.784. The lowest BCUT2D eigenvalue weighted by atomic mass is 10.2. The van der Waals surface area contributed by atoms with E-state index in [1.165, 1.54) is 6.33 Å². The van der Waals surface area contributed by atoms with Crippen molar-refractivity contribution in [1.82, 2.24) is 20.1 Å². The second-order valence-electron chi connectivity index (χ2n) is 5.94. The van der Waals surface area contributed by atoms with Crippen LogP contribution in [0.4, 0.5) is 10.2 Å². The molecule has 1 atom stereocenters. The molecule has 1 aromatic carbocycles. The molecule has 1 aliphatic rings. The van der Waals surface area contributed by atoms with Gasteiger partial charge in [-0.25, -0.2) is 14.4 Å². The Balaban J connectivity index is 1.55. The van der Waals surface area contributed by atoms with Gasteiger partial charge >= 0.3 is 0 Å². The van der Waals surface area contributed by atoms with Crippen LogP contribution < -0.4 is 4.90 Å². The molecule has 0 aliphatic carbocycles. The van der Waals surface area contributed by atoms with Gasteiger partial charge in [-0.05, 0) is 18.6 Å². The van der Waals surface area contributed by atoms with Crippen LogP contribution in [0.3, 0.4) is 0 Å². The summed E-state index contributed by atoms with van der Waals surface area (Å²) in [4.78, 5) is 14.4. The number of ether oxygens (including phenoxy) is 1. The summed E-state index contributed by atoms with van der Waals surface area (Å²) in [6.45, 7) is 3.22. The van der Waals surface area contributed by atoms with Gasteiger partial charge in [0, 0.05) is 12.1 Å². The maximum atomic E-state index is 14.6. The first-order valence-electron chi connectivity index (χ1n) is 8.51. The molecule has 0 N–H and O–H groups in total. The van der Waals surface area contributed by atoms with Crippen LogP contribution in [-0.2, 0) is 11.2 Å². The number of hydrogen-bond acceptors (Lipinski definition) is 7. The van der Waals surface area contributed by atoms with Gasteiger partial charge in [-0.1, -0.05) is 30.3 Å². The molecule has 1 saturated heterocycles. The molecular formula is C18H18FN5O2. The molecule has 0 bridgehead atoms. The molecule has 3 heterocycles. The van der Waals surface area contributed by atoms with E-state index in [4.69, 9.17) is 9.26 Å². The van der Waals surface area contributed by atoms with Crippen LogP contribution in [0.2, 0.25) is 0 Å². The fraction of sp³-hybridized carbons (Fsp3) is 0.333. The van der Waals surface area contributed by atoms with E-state index in [9.17, 15) is 4.39 Å². The van der Waals surface area contributed by atoms with Crippen LogP contribution in [0.5, 0.6) is 0 Å². The van der Waals surface area contributed by atoms with Crippen molar-refractivity contribution >= 4 is 5.82 Å². The summed E-state index contributed by atoms with van der Waals surface area (Å²) in [7, 11) is 0. The highest BCUT2D eigenvalue weighted by molar-refractivity contribution is 5.52. The zero-order chi connectivity index (χ0) is 17.9. The van der Waals surface area contributed by atoms with E-state index in [1.807, 2.05) is 42.2 Å². The van der Waals surface area contributed by atoms with E-state index in [0.29, 0.717) is 43.5 Å². The van der Waals surface area contributed by atoms with Crippen LogP contribution in [0.15, 0.2) is 41.2 Å². The maximum absolute atomic E-state index is 14.6. The molecule has 134 valence electrons. The highest BCUT2D eigenvalue weighted by Gasteiger charge is 2.29. The van der Waals surface area contributed by atoms with Crippen LogP contribution in [-0.4, -0.2) is 39.8 Å². The van der Waals surface area contributed by atoms with E-state index >= 15 is 0 Å². The van der Waals surface area contributed by atoms with Gasteiger partial charge in [-0.15, -0.1) is 0 Å². The Morgan fingerprint density at radius 1 is 1.23 bits per heavy atom. The van der Waals surface area contributed by atoms with Gasteiger partial charge in [-0.2, -0.15) is 4.98 Å². The Kier molecular flexibility index (Phi) is 4.57. The van der Waals surface area contributed by atoms with Gasteiger partial charge < -0.3 is 14.2 Å². The molecule has 1 aliphatic heterocycles. The Morgan fingerprint density at radius 3 is 2.88 bits per heavy atom. The van der Waals surface area contributed by atoms with Crippen molar-refractivity contribution in [3.05, 3.63) is 54.0 Å². The molecule has 0 radical (unpaired) electrons. The van der Waals surface area contributed by atoms with Crippen molar-refractivity contribution in [1.29, 1.82) is 0 Å². The predicted octanol–water partition coefficient (Wildman–Crippen LogP) is 2.81. The Labute approximate surface area is 149 Å². The van der Waals surface area contributed by atoms with Crippen molar-refractivity contribution in [2.75, 3.05) is 24.6 Å². The first-order chi connectivity index (χ1) is 12.8. The molecule has 0 spiro atoms. The zero-order valence-corrected chi connectivity index (χ0v) is 14.3. The molecular weight excluding hydrogens is 337 g/mol. The topological polar surface area (TPSA) is 77.2 Å². The third kappa shape index (κ3) is 3.15. The number of benzene rings is 1. The van der Waals surface area contributed by atoms with E-state index in [2.05, 4.69) is 20.1 Å². The summed E-state index contributed by atoms with van der Waals surface area (Å²) in [6.07, 6.45) is 1.49. The summed E-state index contributed by atoms with van der Waals surface area (Å²) in [6, 6.07) is 9.52. The number of hydrogen-bond donors (Lipinski definition) is 0. The minimum Gasteiger partial charge on any atom is -0.366 e. The summed E-state index contributed by atoms with van der Waals surface area (Å²) in [5, 5.41) is 4.04. The quantitative estimate of drug-likeness (QED) is 0.712. The van der Waals surface area contributed by atoms with Gasteiger partial charge in [0.25, 0.3) is 5.89 Å². The minimum absolute atomic E-state index is 0.289. The van der Waals surface area contributed by atoms with Gasteiger partial charge in [0.2, 0.25) is 5.82 Å². The third-order valence-corrected chi connectivity index (χ3v) is 4.29. The van der Waals surface area contributed by atoms with Gasteiger partial charge in [-0.3, -0.25) is 0 Å². The SMILES string of the molecule is CCc1ncnc(N2CCOC(c3noc(-c4ccccc4)n3)C2)c1F. The molecule has 26 heavy (non-hydrogen) atoms. The first-order valence-corrected chi connectivity index (χ1v) is 8.51. The van der Waals surface area contributed by atoms with E-state index in [-0.39, 0.29) is 11.6 Å². The molecule has 4 rings (SSSR count). The number of nitrogens with zero attached hydrogens (tertiary/aromatic N) is 5. The van der Waals surface area contributed by atoms with Crippen molar-refractivity contribution < 1.29 is 13.7 Å². The number of halogens is 1. The predicted molar refractivity (Wildman–Crippen MR) is 92.0 cm³/mol. The normalized spacial score (nSPS) is 17.5. The minimum atomic E-state index is -0.413. The standard InChI is InChI=1S/C18H18FN5O2/c1-2-13-15(19)17(21-11-20-13)24-8-9-25-14(10-24)16-22-18(26-23-16)12-6-4-3-5-7-12/h3-7,11,14H,2,8-10H2,1H3. The Morgan fingerprint density at radius 2 is 2.08 bits per heavy atom. The monoisotopic (exact) mass is 355 g/mol. The fourth-order valence-corrected chi connectivity index (χ4v) is 2.92. The second-order valence-corrected chi connectivity index (χ2v) is 5.94.